The van der Waals surface area contributed by atoms with E-state index in [-0.39, 0.29) is 12.1 Å². The highest BCUT2D eigenvalue weighted by atomic mass is 15.2. The molecule has 1 aliphatic heterocycles. The van der Waals surface area contributed by atoms with Gasteiger partial charge in [0.2, 0.25) is 0 Å². The molecule has 146 valence electrons. The van der Waals surface area contributed by atoms with Crippen LogP contribution in [0.3, 0.4) is 0 Å². The smallest absolute Gasteiger partial charge is 0.0943 e. The van der Waals surface area contributed by atoms with E-state index < -0.39 is 0 Å². The summed E-state index contributed by atoms with van der Waals surface area (Å²) < 4.78 is 0. The SMILES string of the molecule is C1=CCC2=C(C=C1)c1cc(N3c4ccccc4NC=NC4C=CC=CC43)ccc1C2. The van der Waals surface area contributed by atoms with Gasteiger partial charge in [-0.05, 0) is 53.8 Å². The maximum Gasteiger partial charge on any atom is 0.0943 e. The highest BCUT2D eigenvalue weighted by Crippen LogP contribution is 2.42. The van der Waals surface area contributed by atoms with E-state index >= 15 is 0 Å². The maximum absolute atomic E-state index is 4.79. The van der Waals surface area contributed by atoms with Crippen molar-refractivity contribution in [2.24, 2.45) is 4.99 Å². The van der Waals surface area contributed by atoms with Gasteiger partial charge in [0.25, 0.3) is 0 Å². The van der Waals surface area contributed by atoms with E-state index in [0.29, 0.717) is 0 Å². The van der Waals surface area contributed by atoms with Crippen molar-refractivity contribution in [1.29, 1.82) is 0 Å². The van der Waals surface area contributed by atoms with Gasteiger partial charge < -0.3 is 10.2 Å². The van der Waals surface area contributed by atoms with Crippen molar-refractivity contribution in [3.8, 4) is 0 Å². The largest absolute Gasteiger partial charge is 0.345 e. The molecule has 0 saturated heterocycles. The van der Waals surface area contributed by atoms with Crippen molar-refractivity contribution >= 4 is 29.0 Å². The Morgan fingerprint density at radius 3 is 2.90 bits per heavy atom. The van der Waals surface area contributed by atoms with E-state index in [2.05, 4.69) is 101 Å². The third kappa shape index (κ3) is 2.78. The van der Waals surface area contributed by atoms with Crippen LogP contribution in [0.4, 0.5) is 17.1 Å². The first kappa shape index (κ1) is 17.3. The second-order valence-corrected chi connectivity index (χ2v) is 8.09. The van der Waals surface area contributed by atoms with Gasteiger partial charge in [0.1, 0.15) is 0 Å². The average molecular weight is 390 g/mol. The molecule has 2 unspecified atom stereocenters. The van der Waals surface area contributed by atoms with Crippen LogP contribution in [-0.4, -0.2) is 18.4 Å². The number of aliphatic imine (C=N–C) groups is 1. The zero-order valence-corrected chi connectivity index (χ0v) is 16.7. The number of hydrogen-bond donors (Lipinski definition) is 1. The molecule has 3 nitrogen and oxygen atoms in total. The number of rotatable bonds is 1. The monoisotopic (exact) mass is 389 g/mol. The fraction of sp³-hybridized carbons (Fsp3) is 0.148. The zero-order valence-electron chi connectivity index (χ0n) is 16.7. The minimum Gasteiger partial charge on any atom is -0.345 e. The van der Waals surface area contributed by atoms with Gasteiger partial charge in [-0.15, -0.1) is 0 Å². The Morgan fingerprint density at radius 2 is 1.90 bits per heavy atom. The molecular formula is C27H23N3. The number of hydrogen-bond acceptors (Lipinski definition) is 3. The molecule has 0 saturated carbocycles. The van der Waals surface area contributed by atoms with Crippen molar-refractivity contribution in [2.45, 2.75) is 24.9 Å². The van der Waals surface area contributed by atoms with Crippen LogP contribution in [0.1, 0.15) is 17.5 Å². The van der Waals surface area contributed by atoms with E-state index in [0.717, 1.165) is 18.5 Å². The van der Waals surface area contributed by atoms with Crippen molar-refractivity contribution in [3.05, 3.63) is 108 Å². The lowest BCUT2D eigenvalue weighted by Crippen LogP contribution is -2.40. The number of benzene rings is 2. The summed E-state index contributed by atoms with van der Waals surface area (Å²) in [6.07, 6.45) is 21.4. The zero-order chi connectivity index (χ0) is 19.9. The molecule has 2 aromatic rings. The molecule has 1 heterocycles. The molecule has 0 radical (unpaired) electrons. The highest BCUT2D eigenvalue weighted by molar-refractivity contribution is 5.90. The topological polar surface area (TPSA) is 27.6 Å². The summed E-state index contributed by atoms with van der Waals surface area (Å²) in [5.74, 6) is 0. The van der Waals surface area contributed by atoms with Crippen LogP contribution in [-0.2, 0) is 6.42 Å². The normalized spacial score (nSPS) is 23.1. The number of anilines is 3. The first-order chi connectivity index (χ1) is 14.9. The second-order valence-electron chi connectivity index (χ2n) is 8.09. The third-order valence-electron chi connectivity index (χ3n) is 6.33. The molecule has 0 amide bonds. The van der Waals surface area contributed by atoms with Gasteiger partial charge in [-0.2, -0.15) is 0 Å². The maximum atomic E-state index is 4.79. The number of para-hydroxylation sites is 2. The van der Waals surface area contributed by atoms with Crippen LogP contribution >= 0.6 is 0 Å². The molecule has 4 aliphatic rings. The number of fused-ring (bicyclic) bond motifs is 4. The van der Waals surface area contributed by atoms with Gasteiger partial charge in [0.05, 0.1) is 29.8 Å². The first-order valence-corrected chi connectivity index (χ1v) is 10.6. The van der Waals surface area contributed by atoms with Crippen molar-refractivity contribution in [2.75, 3.05) is 10.2 Å². The van der Waals surface area contributed by atoms with Gasteiger partial charge in [-0.1, -0.05) is 72.4 Å². The molecule has 0 aromatic heterocycles. The van der Waals surface area contributed by atoms with E-state index in [1.807, 2.05) is 6.34 Å². The molecule has 3 aliphatic carbocycles. The van der Waals surface area contributed by atoms with Crippen LogP contribution in [0.15, 0.2) is 102 Å². The molecule has 1 N–H and O–H groups in total. The summed E-state index contributed by atoms with van der Waals surface area (Å²) in [6.45, 7) is 0. The summed E-state index contributed by atoms with van der Waals surface area (Å²) >= 11 is 0. The fourth-order valence-corrected chi connectivity index (χ4v) is 4.90. The summed E-state index contributed by atoms with van der Waals surface area (Å²) in [5.41, 5.74) is 9.15. The van der Waals surface area contributed by atoms with Crippen LogP contribution in [0.25, 0.3) is 5.57 Å². The van der Waals surface area contributed by atoms with Crippen molar-refractivity contribution < 1.29 is 0 Å². The van der Waals surface area contributed by atoms with E-state index in [9.17, 15) is 0 Å². The highest BCUT2D eigenvalue weighted by Gasteiger charge is 2.30. The molecule has 0 spiro atoms. The van der Waals surface area contributed by atoms with Gasteiger partial charge in [0, 0.05) is 5.69 Å². The summed E-state index contributed by atoms with van der Waals surface area (Å²) in [7, 11) is 0. The van der Waals surface area contributed by atoms with E-state index in [1.54, 1.807) is 0 Å². The summed E-state index contributed by atoms with van der Waals surface area (Å²) in [6, 6.07) is 15.6. The quantitative estimate of drug-likeness (QED) is 0.651. The molecule has 3 heteroatoms. The molecule has 2 atom stereocenters. The standard InChI is InChI=1S/C27H23N3/c1-2-8-19-16-20-14-15-21(17-23(20)22(19)9-3-1)30-26-12-6-4-10-24(26)28-18-29-25-11-5-7-13-27(25)30/h1-7,9-15,17-18,24,26H,8,16H2,(H,28,29). The Bertz CT molecular complexity index is 1190. The van der Waals surface area contributed by atoms with Gasteiger partial charge in [-0.25, -0.2) is 0 Å². The van der Waals surface area contributed by atoms with Crippen molar-refractivity contribution in [3.63, 3.8) is 0 Å². The van der Waals surface area contributed by atoms with Crippen molar-refractivity contribution in [1.82, 2.24) is 0 Å². The van der Waals surface area contributed by atoms with Crippen LogP contribution in [0.2, 0.25) is 0 Å². The number of nitrogens with one attached hydrogen (secondary N) is 1. The predicted molar refractivity (Wildman–Crippen MR) is 127 cm³/mol. The summed E-state index contributed by atoms with van der Waals surface area (Å²) in [4.78, 5) is 7.22. The molecule has 2 aromatic carbocycles. The fourth-order valence-electron chi connectivity index (χ4n) is 4.90. The lowest BCUT2D eigenvalue weighted by Gasteiger charge is -2.38. The number of allylic oxidation sites excluding steroid dienone is 8. The van der Waals surface area contributed by atoms with E-state index in [1.165, 1.54) is 33.6 Å². The van der Waals surface area contributed by atoms with Crippen LogP contribution in [0, 0.1) is 0 Å². The van der Waals surface area contributed by atoms with Crippen LogP contribution < -0.4 is 10.2 Å². The second kappa shape index (κ2) is 7.03. The first-order valence-electron chi connectivity index (χ1n) is 10.6. The third-order valence-corrected chi connectivity index (χ3v) is 6.33. The lowest BCUT2D eigenvalue weighted by molar-refractivity contribution is 0.680. The van der Waals surface area contributed by atoms with Gasteiger partial charge in [0.15, 0.2) is 0 Å². The minimum absolute atomic E-state index is 0.0702. The van der Waals surface area contributed by atoms with E-state index in [4.69, 9.17) is 4.99 Å². The lowest BCUT2D eigenvalue weighted by atomic mass is 9.97. The Morgan fingerprint density at radius 1 is 0.967 bits per heavy atom. The average Bonchev–Trinajstić information content (AvgIpc) is 2.94. The van der Waals surface area contributed by atoms with Gasteiger partial charge in [-0.3, -0.25) is 4.99 Å². The molecule has 30 heavy (non-hydrogen) atoms. The Hall–Kier alpha value is -3.59. The molecule has 0 bridgehead atoms. The Labute approximate surface area is 177 Å². The molecule has 6 rings (SSSR count). The minimum atomic E-state index is 0.0702. The Kier molecular flexibility index (Phi) is 4.05. The number of nitrogens with zero attached hydrogens (tertiary/aromatic N) is 2. The molecule has 0 fully saturated rings. The Balaban J connectivity index is 1.51. The summed E-state index contributed by atoms with van der Waals surface area (Å²) in [5, 5.41) is 3.38. The van der Waals surface area contributed by atoms with Crippen LogP contribution in [0.5, 0.6) is 0 Å². The predicted octanol–water partition coefficient (Wildman–Crippen LogP) is 5.97. The molecular weight excluding hydrogens is 366 g/mol. The van der Waals surface area contributed by atoms with Gasteiger partial charge >= 0.3 is 0 Å².